The largest absolute Gasteiger partial charge is 0.313 e. The van der Waals surface area contributed by atoms with E-state index >= 15 is 0 Å². The Kier molecular flexibility index (Phi) is 5.16. The first-order valence-corrected chi connectivity index (χ1v) is 7.63. The molecule has 0 saturated heterocycles. The average Bonchev–Trinajstić information content (AvgIpc) is 2.85. The lowest BCUT2D eigenvalue weighted by Crippen LogP contribution is -2.14. The van der Waals surface area contributed by atoms with Gasteiger partial charge in [-0.2, -0.15) is 4.37 Å². The lowest BCUT2D eigenvalue weighted by molar-refractivity contribution is 0.673. The summed E-state index contributed by atoms with van der Waals surface area (Å²) in [4.78, 5) is 5.41. The molecule has 0 aliphatic carbocycles. The summed E-state index contributed by atoms with van der Waals surface area (Å²) < 4.78 is 5.00. The Morgan fingerprint density at radius 3 is 2.94 bits per heavy atom. The highest BCUT2D eigenvalue weighted by Gasteiger charge is 2.03. The van der Waals surface area contributed by atoms with E-state index in [1.165, 1.54) is 34.0 Å². The van der Waals surface area contributed by atoms with Crippen molar-refractivity contribution in [2.45, 2.75) is 36.0 Å². The Labute approximate surface area is 116 Å². The van der Waals surface area contributed by atoms with Gasteiger partial charge in [-0.1, -0.05) is 24.8 Å². The van der Waals surface area contributed by atoms with E-state index in [1.54, 1.807) is 18.1 Å². The molecule has 1 aromatic carbocycles. The molecule has 3 nitrogen and oxygen atoms in total. The predicted molar refractivity (Wildman–Crippen MR) is 77.2 cm³/mol. The normalized spacial score (nSPS) is 10.8. The Morgan fingerprint density at radius 2 is 2.28 bits per heavy atom. The van der Waals surface area contributed by atoms with E-state index in [2.05, 4.69) is 46.7 Å². The molecule has 18 heavy (non-hydrogen) atoms. The van der Waals surface area contributed by atoms with Crippen molar-refractivity contribution in [3.05, 3.63) is 35.7 Å². The van der Waals surface area contributed by atoms with Gasteiger partial charge in [-0.15, -0.1) is 0 Å². The molecule has 0 fully saturated rings. The van der Waals surface area contributed by atoms with Crippen molar-refractivity contribution in [1.82, 2.24) is 14.7 Å². The maximum absolute atomic E-state index is 4.18. The van der Waals surface area contributed by atoms with Crippen molar-refractivity contribution >= 4 is 23.3 Å². The number of nitrogens with one attached hydrogen (secondary N) is 1. The van der Waals surface area contributed by atoms with Crippen LogP contribution in [0.25, 0.3) is 0 Å². The van der Waals surface area contributed by atoms with Gasteiger partial charge in [-0.3, -0.25) is 0 Å². The second-order valence-electron chi connectivity index (χ2n) is 4.07. The third kappa shape index (κ3) is 3.80. The fourth-order valence-electron chi connectivity index (χ4n) is 1.64. The van der Waals surface area contributed by atoms with Gasteiger partial charge in [0, 0.05) is 11.4 Å². The second-order valence-corrected chi connectivity index (χ2v) is 6.18. The lowest BCUT2D eigenvalue weighted by atomic mass is 10.1. The zero-order valence-electron chi connectivity index (χ0n) is 10.6. The first-order chi connectivity index (χ1) is 8.79. The third-order valence-electron chi connectivity index (χ3n) is 2.60. The number of benzene rings is 1. The molecule has 0 saturated carbocycles. The number of aryl methyl sites for hydroxylation is 1. The Morgan fingerprint density at radius 1 is 1.39 bits per heavy atom. The van der Waals surface area contributed by atoms with Crippen LogP contribution < -0.4 is 5.32 Å². The van der Waals surface area contributed by atoms with Gasteiger partial charge in [-0.25, -0.2) is 4.98 Å². The molecule has 0 atom stereocenters. The molecule has 1 N–H and O–H groups in total. The smallest absolute Gasteiger partial charge is 0.174 e. The van der Waals surface area contributed by atoms with Gasteiger partial charge in [0.1, 0.15) is 6.33 Å². The van der Waals surface area contributed by atoms with Gasteiger partial charge >= 0.3 is 0 Å². The van der Waals surface area contributed by atoms with Crippen LogP contribution in [0.15, 0.2) is 33.8 Å². The molecule has 0 radical (unpaired) electrons. The molecule has 0 aliphatic heterocycles. The lowest BCUT2D eigenvalue weighted by Gasteiger charge is -2.08. The first-order valence-electron chi connectivity index (χ1n) is 6.04. The van der Waals surface area contributed by atoms with Gasteiger partial charge in [0.15, 0.2) is 4.34 Å². The van der Waals surface area contributed by atoms with Crippen molar-refractivity contribution < 1.29 is 0 Å². The predicted octanol–water partition coefficient (Wildman–Crippen LogP) is 3.50. The molecule has 0 spiro atoms. The molecule has 1 heterocycles. The fraction of sp³-hybridized carbons (Fsp3) is 0.385. The SMILES string of the molecule is CCCNCc1ccc(Sc2ncns2)cc1C. The number of rotatable bonds is 6. The van der Waals surface area contributed by atoms with Crippen LogP contribution in [0, 0.1) is 6.92 Å². The average molecular weight is 279 g/mol. The van der Waals surface area contributed by atoms with Crippen LogP contribution in [0.2, 0.25) is 0 Å². The molecule has 5 heteroatoms. The Bertz CT molecular complexity index is 483. The van der Waals surface area contributed by atoms with Crippen molar-refractivity contribution in [1.29, 1.82) is 0 Å². The van der Waals surface area contributed by atoms with Gasteiger partial charge in [0.2, 0.25) is 0 Å². The topological polar surface area (TPSA) is 37.8 Å². The maximum Gasteiger partial charge on any atom is 0.174 e. The van der Waals surface area contributed by atoms with Gasteiger partial charge in [0.05, 0.1) is 0 Å². The van der Waals surface area contributed by atoms with Gasteiger partial charge in [0.25, 0.3) is 0 Å². The summed E-state index contributed by atoms with van der Waals surface area (Å²) in [5, 5.41) is 3.43. The number of nitrogens with zero attached hydrogens (tertiary/aromatic N) is 2. The maximum atomic E-state index is 4.18. The third-order valence-corrected chi connectivity index (χ3v) is 4.31. The van der Waals surface area contributed by atoms with E-state index in [0.717, 1.165) is 17.4 Å². The molecule has 0 unspecified atom stereocenters. The summed E-state index contributed by atoms with van der Waals surface area (Å²) in [5.41, 5.74) is 2.69. The highest BCUT2D eigenvalue weighted by Crippen LogP contribution is 2.29. The molecule has 2 aromatic rings. The van der Waals surface area contributed by atoms with Crippen molar-refractivity contribution in [2.24, 2.45) is 0 Å². The molecule has 96 valence electrons. The summed E-state index contributed by atoms with van der Waals surface area (Å²) >= 11 is 3.10. The molecule has 0 aliphatic rings. The molecule has 0 amide bonds. The van der Waals surface area contributed by atoms with Gasteiger partial charge in [-0.05, 0) is 54.7 Å². The van der Waals surface area contributed by atoms with Crippen LogP contribution in [0.3, 0.4) is 0 Å². The van der Waals surface area contributed by atoms with E-state index in [0.29, 0.717) is 0 Å². The first kappa shape index (κ1) is 13.5. The minimum Gasteiger partial charge on any atom is -0.313 e. The van der Waals surface area contributed by atoms with E-state index < -0.39 is 0 Å². The minimum atomic E-state index is 0.948. The molecular formula is C13H17N3S2. The summed E-state index contributed by atoms with van der Waals surface area (Å²) in [5.74, 6) is 0. The Hall–Kier alpha value is -0.910. The highest BCUT2D eigenvalue weighted by atomic mass is 32.2. The standard InChI is InChI=1S/C13H17N3S2/c1-3-6-14-8-11-4-5-12(7-10(11)2)17-13-15-9-16-18-13/h4-5,7,9,14H,3,6,8H2,1-2H3. The van der Waals surface area contributed by atoms with Crippen molar-refractivity contribution in [3.63, 3.8) is 0 Å². The summed E-state index contributed by atoms with van der Waals surface area (Å²) in [6.45, 7) is 6.36. The van der Waals surface area contributed by atoms with Crippen LogP contribution >= 0.6 is 23.3 Å². The van der Waals surface area contributed by atoms with E-state index in [4.69, 9.17) is 0 Å². The Balaban J connectivity index is 2.00. The summed E-state index contributed by atoms with van der Waals surface area (Å²) in [6, 6.07) is 6.57. The van der Waals surface area contributed by atoms with Crippen molar-refractivity contribution in [3.8, 4) is 0 Å². The fourth-order valence-corrected chi connectivity index (χ4v) is 3.16. The summed E-state index contributed by atoms with van der Waals surface area (Å²) in [7, 11) is 0. The molecular weight excluding hydrogens is 262 g/mol. The highest BCUT2D eigenvalue weighted by molar-refractivity contribution is 8.01. The monoisotopic (exact) mass is 279 g/mol. The molecule has 1 aromatic heterocycles. The van der Waals surface area contributed by atoms with E-state index in [-0.39, 0.29) is 0 Å². The zero-order valence-corrected chi connectivity index (χ0v) is 12.3. The van der Waals surface area contributed by atoms with Crippen LogP contribution in [0.5, 0.6) is 0 Å². The number of aromatic nitrogens is 2. The van der Waals surface area contributed by atoms with Crippen LogP contribution in [0.4, 0.5) is 0 Å². The zero-order chi connectivity index (χ0) is 12.8. The minimum absolute atomic E-state index is 0.948. The van der Waals surface area contributed by atoms with E-state index in [9.17, 15) is 0 Å². The summed E-state index contributed by atoms with van der Waals surface area (Å²) in [6.07, 6.45) is 2.77. The van der Waals surface area contributed by atoms with Gasteiger partial charge < -0.3 is 5.32 Å². The van der Waals surface area contributed by atoms with E-state index in [1.807, 2.05) is 0 Å². The number of hydrogen-bond acceptors (Lipinski definition) is 5. The molecule has 0 bridgehead atoms. The van der Waals surface area contributed by atoms with Crippen LogP contribution in [-0.4, -0.2) is 15.9 Å². The number of hydrogen-bond donors (Lipinski definition) is 1. The van der Waals surface area contributed by atoms with Crippen LogP contribution in [-0.2, 0) is 6.54 Å². The second kappa shape index (κ2) is 6.87. The quantitative estimate of drug-likeness (QED) is 0.821. The van der Waals surface area contributed by atoms with Crippen molar-refractivity contribution in [2.75, 3.05) is 6.54 Å². The van der Waals surface area contributed by atoms with Crippen LogP contribution in [0.1, 0.15) is 24.5 Å². The molecule has 2 rings (SSSR count).